The van der Waals surface area contributed by atoms with Crippen molar-refractivity contribution in [3.05, 3.63) is 44.7 Å². The third-order valence-electron chi connectivity index (χ3n) is 3.93. The molecule has 0 saturated heterocycles. The first kappa shape index (κ1) is 16.1. The zero-order chi connectivity index (χ0) is 15.4. The van der Waals surface area contributed by atoms with Crippen LogP contribution in [0.25, 0.3) is 10.9 Å². The van der Waals surface area contributed by atoms with Crippen LogP contribution in [0.5, 0.6) is 0 Å². The van der Waals surface area contributed by atoms with E-state index in [4.69, 9.17) is 11.6 Å². The molecule has 0 unspecified atom stereocenters. The molecular weight excluding hydrogens is 284 g/mol. The number of para-hydroxylation sites is 1. The maximum Gasteiger partial charge on any atom is 0.198 e. The number of aromatic amines is 1. The maximum absolute atomic E-state index is 12.8. The molecule has 21 heavy (non-hydrogen) atoms. The highest BCUT2D eigenvalue weighted by Crippen LogP contribution is 2.20. The number of hydrogen-bond donors (Lipinski definition) is 2. The van der Waals surface area contributed by atoms with Gasteiger partial charge in [-0.15, -0.1) is 0 Å². The van der Waals surface area contributed by atoms with E-state index in [1.807, 2.05) is 25.1 Å². The van der Waals surface area contributed by atoms with E-state index >= 15 is 0 Å². The number of halogens is 1. The van der Waals surface area contributed by atoms with Crippen LogP contribution in [0.4, 0.5) is 0 Å². The molecule has 1 heterocycles. The highest BCUT2D eigenvalue weighted by Gasteiger charge is 2.16. The van der Waals surface area contributed by atoms with Crippen LogP contribution in [0.3, 0.4) is 0 Å². The van der Waals surface area contributed by atoms with Crippen molar-refractivity contribution in [1.29, 1.82) is 0 Å². The van der Waals surface area contributed by atoms with Crippen molar-refractivity contribution < 1.29 is 4.90 Å². The highest BCUT2D eigenvalue weighted by molar-refractivity contribution is 6.35. The van der Waals surface area contributed by atoms with Crippen molar-refractivity contribution in [3.8, 4) is 0 Å². The monoisotopic (exact) mass is 307 g/mol. The number of hydrogen-bond acceptors (Lipinski definition) is 1. The molecule has 1 aromatic heterocycles. The summed E-state index contributed by atoms with van der Waals surface area (Å²) >= 11 is 6.18. The van der Waals surface area contributed by atoms with Gasteiger partial charge in [0.15, 0.2) is 5.43 Å². The Morgan fingerprint density at radius 2 is 1.86 bits per heavy atom. The molecule has 0 amide bonds. The van der Waals surface area contributed by atoms with E-state index in [1.165, 1.54) is 4.90 Å². The first-order chi connectivity index (χ1) is 10.1. The Kier molecular flexibility index (Phi) is 5.43. The second-order valence-corrected chi connectivity index (χ2v) is 6.05. The molecular formula is C17H24ClN2O+. The molecule has 1 aromatic carbocycles. The summed E-state index contributed by atoms with van der Waals surface area (Å²) < 4.78 is 0. The van der Waals surface area contributed by atoms with Gasteiger partial charge in [-0.3, -0.25) is 4.79 Å². The standard InChI is InChI=1S/C17H23ClN2O/c1-4-9-20(10-5-2)11-14-12(3)19-16-13(17(14)21)7-6-8-15(16)18/h6-8H,4-5,9-11H2,1-3H3,(H,19,21)/p+1. The number of benzene rings is 1. The van der Waals surface area contributed by atoms with Gasteiger partial charge in [0.05, 0.1) is 29.2 Å². The molecule has 3 nitrogen and oxygen atoms in total. The van der Waals surface area contributed by atoms with E-state index < -0.39 is 0 Å². The smallest absolute Gasteiger partial charge is 0.198 e. The average molecular weight is 308 g/mol. The molecule has 0 atom stereocenters. The summed E-state index contributed by atoms with van der Waals surface area (Å²) in [7, 11) is 0. The number of nitrogens with one attached hydrogen (secondary N) is 2. The Balaban J connectivity index is 2.47. The van der Waals surface area contributed by atoms with Gasteiger partial charge in [-0.2, -0.15) is 0 Å². The Bertz CT molecular complexity index is 672. The summed E-state index contributed by atoms with van der Waals surface area (Å²) in [4.78, 5) is 17.5. The molecule has 0 bridgehead atoms. The maximum atomic E-state index is 12.8. The predicted octanol–water partition coefficient (Wildman–Crippen LogP) is 2.69. The summed E-state index contributed by atoms with van der Waals surface area (Å²) in [5.41, 5.74) is 2.69. The Morgan fingerprint density at radius 3 is 2.48 bits per heavy atom. The van der Waals surface area contributed by atoms with Crippen LogP contribution in [-0.4, -0.2) is 18.1 Å². The lowest BCUT2D eigenvalue weighted by atomic mass is 10.1. The van der Waals surface area contributed by atoms with E-state index in [2.05, 4.69) is 18.8 Å². The van der Waals surface area contributed by atoms with Crippen molar-refractivity contribution in [1.82, 2.24) is 4.98 Å². The first-order valence-corrected chi connectivity index (χ1v) is 8.09. The van der Waals surface area contributed by atoms with Crippen LogP contribution >= 0.6 is 11.6 Å². The average Bonchev–Trinajstić information content (AvgIpc) is 2.45. The Labute approximate surface area is 130 Å². The van der Waals surface area contributed by atoms with Crippen molar-refractivity contribution in [3.63, 3.8) is 0 Å². The number of H-pyrrole nitrogens is 1. The summed E-state index contributed by atoms with van der Waals surface area (Å²) in [6, 6.07) is 5.49. The van der Waals surface area contributed by atoms with Gasteiger partial charge in [0.2, 0.25) is 0 Å². The van der Waals surface area contributed by atoms with Gasteiger partial charge < -0.3 is 9.88 Å². The molecule has 0 aliphatic heterocycles. The Hall–Kier alpha value is -1.32. The molecule has 0 fully saturated rings. The molecule has 0 spiro atoms. The molecule has 114 valence electrons. The minimum Gasteiger partial charge on any atom is -0.357 e. The number of fused-ring (bicyclic) bond motifs is 1. The number of quaternary nitrogens is 1. The third-order valence-corrected chi connectivity index (χ3v) is 4.25. The van der Waals surface area contributed by atoms with E-state index in [-0.39, 0.29) is 5.43 Å². The number of aryl methyl sites for hydroxylation is 1. The SMILES string of the molecule is CCC[NH+](CCC)Cc1c(C)[nH]c2c(Cl)cccc2c1=O. The van der Waals surface area contributed by atoms with Crippen LogP contribution in [0.1, 0.15) is 37.9 Å². The molecule has 2 aromatic rings. The molecule has 0 aliphatic carbocycles. The summed E-state index contributed by atoms with van der Waals surface area (Å²) in [5, 5.41) is 1.29. The minimum atomic E-state index is 0.119. The van der Waals surface area contributed by atoms with Gasteiger partial charge in [0.1, 0.15) is 6.54 Å². The fraction of sp³-hybridized carbons (Fsp3) is 0.471. The fourth-order valence-electron chi connectivity index (χ4n) is 2.91. The second-order valence-electron chi connectivity index (χ2n) is 5.65. The predicted molar refractivity (Wildman–Crippen MR) is 89.3 cm³/mol. The van der Waals surface area contributed by atoms with E-state index in [1.54, 1.807) is 0 Å². The van der Waals surface area contributed by atoms with Crippen molar-refractivity contribution >= 4 is 22.5 Å². The van der Waals surface area contributed by atoms with Gasteiger partial charge in [0.25, 0.3) is 0 Å². The minimum absolute atomic E-state index is 0.119. The van der Waals surface area contributed by atoms with Crippen LogP contribution in [0.15, 0.2) is 23.0 Å². The second kappa shape index (κ2) is 7.10. The van der Waals surface area contributed by atoms with Crippen molar-refractivity contribution in [2.45, 2.75) is 40.2 Å². The van der Waals surface area contributed by atoms with Crippen LogP contribution in [0.2, 0.25) is 5.02 Å². The number of aromatic nitrogens is 1. The Morgan fingerprint density at radius 1 is 1.19 bits per heavy atom. The lowest BCUT2D eigenvalue weighted by Gasteiger charge is -2.19. The quantitative estimate of drug-likeness (QED) is 0.846. The van der Waals surface area contributed by atoms with E-state index in [0.717, 1.165) is 49.2 Å². The van der Waals surface area contributed by atoms with Gasteiger partial charge in [-0.25, -0.2) is 0 Å². The number of pyridine rings is 1. The fourth-order valence-corrected chi connectivity index (χ4v) is 3.13. The van der Waals surface area contributed by atoms with Gasteiger partial charge in [-0.1, -0.05) is 31.5 Å². The lowest BCUT2D eigenvalue weighted by molar-refractivity contribution is -0.914. The van der Waals surface area contributed by atoms with Crippen molar-refractivity contribution in [2.24, 2.45) is 0 Å². The van der Waals surface area contributed by atoms with E-state index in [9.17, 15) is 4.79 Å². The highest BCUT2D eigenvalue weighted by atomic mass is 35.5. The molecule has 4 heteroatoms. The third kappa shape index (κ3) is 3.47. The topological polar surface area (TPSA) is 37.3 Å². The molecule has 0 radical (unpaired) electrons. The van der Waals surface area contributed by atoms with Gasteiger partial charge >= 0.3 is 0 Å². The molecule has 0 aliphatic rings. The molecule has 0 saturated carbocycles. The van der Waals surface area contributed by atoms with Crippen LogP contribution in [0, 0.1) is 6.92 Å². The summed E-state index contributed by atoms with van der Waals surface area (Å²) in [6.45, 7) is 9.32. The molecule has 2 rings (SSSR count). The molecule has 2 N–H and O–H groups in total. The van der Waals surface area contributed by atoms with Crippen molar-refractivity contribution in [2.75, 3.05) is 13.1 Å². The largest absolute Gasteiger partial charge is 0.357 e. The zero-order valence-corrected chi connectivity index (χ0v) is 13.8. The van der Waals surface area contributed by atoms with Crippen LogP contribution < -0.4 is 10.3 Å². The lowest BCUT2D eigenvalue weighted by Crippen LogP contribution is -3.10. The summed E-state index contributed by atoms with van der Waals surface area (Å²) in [5.74, 6) is 0. The zero-order valence-electron chi connectivity index (χ0n) is 13.1. The number of rotatable bonds is 6. The first-order valence-electron chi connectivity index (χ1n) is 7.72. The van der Waals surface area contributed by atoms with Gasteiger partial charge in [0, 0.05) is 11.1 Å². The summed E-state index contributed by atoms with van der Waals surface area (Å²) in [6.07, 6.45) is 2.26. The normalized spacial score (nSPS) is 11.5. The van der Waals surface area contributed by atoms with Crippen LogP contribution in [-0.2, 0) is 6.54 Å². The van der Waals surface area contributed by atoms with Gasteiger partial charge in [-0.05, 0) is 31.9 Å². The van der Waals surface area contributed by atoms with E-state index in [0.29, 0.717) is 10.4 Å².